The standard InChI is InChI=1S/C10H13NO4S.H2O/c1-7-3-5-9(6-4-7)16(14,15)11-8(2)10(12)13;/h3-6,8,11H,1-2H3,(H,12,13);1H2/t8-;/m0./s1. The zero-order valence-electron chi connectivity index (χ0n) is 9.47. The zero-order chi connectivity index (χ0) is 12.3. The molecule has 0 bridgehead atoms. The molecular formula is C10H15NO5S. The molecule has 0 spiro atoms. The fourth-order valence-electron chi connectivity index (χ4n) is 1.07. The molecule has 0 saturated heterocycles. The van der Waals surface area contributed by atoms with Gasteiger partial charge in [0.25, 0.3) is 0 Å². The monoisotopic (exact) mass is 261 g/mol. The molecule has 96 valence electrons. The summed E-state index contributed by atoms with van der Waals surface area (Å²) in [6.07, 6.45) is 0. The summed E-state index contributed by atoms with van der Waals surface area (Å²) in [5.41, 5.74) is 0.935. The summed E-state index contributed by atoms with van der Waals surface area (Å²) < 4.78 is 25.4. The van der Waals surface area contributed by atoms with E-state index < -0.39 is 22.0 Å². The SMILES string of the molecule is Cc1ccc(S(=O)(=O)N[C@@H](C)C(=O)O)cc1.O. The van der Waals surface area contributed by atoms with E-state index in [1.54, 1.807) is 12.1 Å². The van der Waals surface area contributed by atoms with Gasteiger partial charge in [0, 0.05) is 0 Å². The predicted molar refractivity (Wildman–Crippen MR) is 62.2 cm³/mol. The van der Waals surface area contributed by atoms with Gasteiger partial charge in [-0.3, -0.25) is 4.79 Å². The number of carbonyl (C=O) groups is 1. The van der Waals surface area contributed by atoms with Crippen LogP contribution in [0.3, 0.4) is 0 Å². The average Bonchev–Trinajstić information content (AvgIpc) is 2.17. The number of aryl methyl sites for hydroxylation is 1. The number of sulfonamides is 1. The molecule has 1 aromatic carbocycles. The summed E-state index contributed by atoms with van der Waals surface area (Å²) in [5, 5.41) is 8.61. The van der Waals surface area contributed by atoms with E-state index >= 15 is 0 Å². The predicted octanol–water partition coefficient (Wildman–Crippen LogP) is -0.0783. The van der Waals surface area contributed by atoms with Crippen molar-refractivity contribution in [2.75, 3.05) is 0 Å². The lowest BCUT2D eigenvalue weighted by Crippen LogP contribution is -2.38. The number of benzene rings is 1. The fraction of sp³-hybridized carbons (Fsp3) is 0.300. The molecule has 0 aliphatic rings. The number of hydrogen-bond acceptors (Lipinski definition) is 3. The number of carboxylic acids is 1. The van der Waals surface area contributed by atoms with Gasteiger partial charge >= 0.3 is 5.97 Å². The van der Waals surface area contributed by atoms with Gasteiger partial charge in [-0.1, -0.05) is 17.7 Å². The molecule has 0 heterocycles. The number of aliphatic carboxylic acids is 1. The van der Waals surface area contributed by atoms with Gasteiger partial charge in [-0.2, -0.15) is 4.72 Å². The molecule has 1 rings (SSSR count). The van der Waals surface area contributed by atoms with Crippen molar-refractivity contribution < 1.29 is 23.8 Å². The molecule has 0 saturated carbocycles. The van der Waals surface area contributed by atoms with Crippen LogP contribution in [0.5, 0.6) is 0 Å². The highest BCUT2D eigenvalue weighted by Gasteiger charge is 2.20. The van der Waals surface area contributed by atoms with Gasteiger partial charge in [-0.15, -0.1) is 0 Å². The Balaban J connectivity index is 0.00000256. The van der Waals surface area contributed by atoms with E-state index in [0.29, 0.717) is 0 Å². The van der Waals surface area contributed by atoms with E-state index in [9.17, 15) is 13.2 Å². The number of hydrogen-bond donors (Lipinski definition) is 2. The third-order valence-corrected chi connectivity index (χ3v) is 3.59. The van der Waals surface area contributed by atoms with Crippen molar-refractivity contribution in [3.8, 4) is 0 Å². The minimum Gasteiger partial charge on any atom is -0.480 e. The minimum atomic E-state index is -3.75. The van der Waals surface area contributed by atoms with Crippen LogP contribution >= 0.6 is 0 Å². The van der Waals surface area contributed by atoms with E-state index in [1.165, 1.54) is 19.1 Å². The van der Waals surface area contributed by atoms with Gasteiger partial charge in [0.2, 0.25) is 10.0 Å². The Morgan fingerprint density at radius 2 is 1.76 bits per heavy atom. The third kappa shape index (κ3) is 4.14. The van der Waals surface area contributed by atoms with Crippen molar-refractivity contribution >= 4 is 16.0 Å². The maximum Gasteiger partial charge on any atom is 0.321 e. The molecule has 0 fully saturated rings. The second-order valence-corrected chi connectivity index (χ2v) is 5.21. The van der Waals surface area contributed by atoms with Gasteiger partial charge in [0.1, 0.15) is 6.04 Å². The first kappa shape index (κ1) is 15.6. The summed E-state index contributed by atoms with van der Waals surface area (Å²) in [4.78, 5) is 10.6. The van der Waals surface area contributed by atoms with Crippen molar-refractivity contribution in [3.63, 3.8) is 0 Å². The summed E-state index contributed by atoms with van der Waals surface area (Å²) in [5.74, 6) is -1.21. The summed E-state index contributed by atoms with van der Waals surface area (Å²) in [6.45, 7) is 3.11. The Morgan fingerprint density at radius 3 is 2.18 bits per heavy atom. The highest BCUT2D eigenvalue weighted by Crippen LogP contribution is 2.10. The molecule has 1 atom stereocenters. The fourth-order valence-corrected chi connectivity index (χ4v) is 2.27. The Kier molecular flexibility index (Phi) is 5.27. The van der Waals surface area contributed by atoms with Crippen LogP contribution in [-0.2, 0) is 14.8 Å². The minimum absolute atomic E-state index is 0. The van der Waals surface area contributed by atoms with E-state index in [4.69, 9.17) is 5.11 Å². The first-order chi connectivity index (χ1) is 7.33. The van der Waals surface area contributed by atoms with Crippen LogP contribution < -0.4 is 4.72 Å². The largest absolute Gasteiger partial charge is 0.480 e. The van der Waals surface area contributed by atoms with Gasteiger partial charge in [-0.25, -0.2) is 8.42 Å². The quantitative estimate of drug-likeness (QED) is 0.788. The van der Waals surface area contributed by atoms with E-state index in [-0.39, 0.29) is 10.4 Å². The Morgan fingerprint density at radius 1 is 1.29 bits per heavy atom. The Labute approximate surface area is 99.6 Å². The lowest BCUT2D eigenvalue weighted by molar-refractivity contribution is -0.138. The van der Waals surface area contributed by atoms with Gasteiger partial charge in [0.15, 0.2) is 0 Å². The second kappa shape index (κ2) is 5.76. The van der Waals surface area contributed by atoms with Crippen LogP contribution in [0.15, 0.2) is 29.2 Å². The summed E-state index contributed by atoms with van der Waals surface area (Å²) in [6, 6.07) is 5.03. The maximum absolute atomic E-state index is 11.7. The summed E-state index contributed by atoms with van der Waals surface area (Å²) >= 11 is 0. The lowest BCUT2D eigenvalue weighted by Gasteiger charge is -2.10. The zero-order valence-corrected chi connectivity index (χ0v) is 10.3. The normalized spacial score (nSPS) is 12.6. The molecule has 0 amide bonds. The van der Waals surface area contributed by atoms with Gasteiger partial charge < -0.3 is 10.6 Å². The highest BCUT2D eigenvalue weighted by molar-refractivity contribution is 7.89. The number of carboxylic acid groups (broad SMARTS) is 1. The Bertz CT molecular complexity index is 480. The third-order valence-electron chi connectivity index (χ3n) is 2.03. The van der Waals surface area contributed by atoms with Gasteiger partial charge in [0.05, 0.1) is 4.90 Å². The molecule has 4 N–H and O–H groups in total. The van der Waals surface area contributed by atoms with Crippen molar-refractivity contribution in [2.45, 2.75) is 24.8 Å². The first-order valence-electron chi connectivity index (χ1n) is 4.65. The smallest absolute Gasteiger partial charge is 0.321 e. The van der Waals surface area contributed by atoms with Crippen molar-refractivity contribution in [2.24, 2.45) is 0 Å². The molecule has 17 heavy (non-hydrogen) atoms. The first-order valence-corrected chi connectivity index (χ1v) is 6.13. The average molecular weight is 261 g/mol. The molecule has 0 aliphatic heterocycles. The van der Waals surface area contributed by atoms with Crippen molar-refractivity contribution in [1.29, 1.82) is 0 Å². The maximum atomic E-state index is 11.7. The van der Waals surface area contributed by atoms with Crippen LogP contribution in [0.4, 0.5) is 0 Å². The molecule has 1 aromatic rings. The van der Waals surface area contributed by atoms with Crippen molar-refractivity contribution in [1.82, 2.24) is 4.72 Å². The van der Waals surface area contributed by atoms with E-state index in [1.807, 2.05) is 6.92 Å². The van der Waals surface area contributed by atoms with Crippen LogP contribution in [0.2, 0.25) is 0 Å². The molecule has 7 heteroatoms. The molecule has 6 nitrogen and oxygen atoms in total. The van der Waals surface area contributed by atoms with Gasteiger partial charge in [-0.05, 0) is 26.0 Å². The molecule has 0 aliphatic carbocycles. The lowest BCUT2D eigenvalue weighted by atomic mass is 10.2. The van der Waals surface area contributed by atoms with Crippen LogP contribution in [0.1, 0.15) is 12.5 Å². The molecule has 0 unspecified atom stereocenters. The van der Waals surface area contributed by atoms with Crippen LogP contribution in [-0.4, -0.2) is 31.0 Å². The second-order valence-electron chi connectivity index (χ2n) is 3.49. The van der Waals surface area contributed by atoms with Crippen LogP contribution in [0.25, 0.3) is 0 Å². The number of rotatable bonds is 4. The number of nitrogens with one attached hydrogen (secondary N) is 1. The van der Waals surface area contributed by atoms with Crippen LogP contribution in [0, 0.1) is 6.92 Å². The Hall–Kier alpha value is -1.44. The highest BCUT2D eigenvalue weighted by atomic mass is 32.2. The van der Waals surface area contributed by atoms with E-state index in [2.05, 4.69) is 4.72 Å². The van der Waals surface area contributed by atoms with E-state index in [0.717, 1.165) is 5.56 Å². The summed E-state index contributed by atoms with van der Waals surface area (Å²) in [7, 11) is -3.75. The van der Waals surface area contributed by atoms with Crippen molar-refractivity contribution in [3.05, 3.63) is 29.8 Å². The molecular weight excluding hydrogens is 246 g/mol. The molecule has 0 radical (unpaired) electrons. The topological polar surface area (TPSA) is 115 Å². The molecule has 0 aromatic heterocycles.